The largest absolute Gasteiger partial charge is 0.135 e. The Labute approximate surface area is 113 Å². The van der Waals surface area contributed by atoms with Crippen molar-refractivity contribution in [3.63, 3.8) is 0 Å². The molecule has 0 saturated heterocycles. The zero-order chi connectivity index (χ0) is 12.4. The van der Waals surface area contributed by atoms with Gasteiger partial charge in [-0.05, 0) is 18.1 Å². The molecule has 0 radical (unpaired) electrons. The first-order valence-corrected chi connectivity index (χ1v) is 7.64. The van der Waals surface area contributed by atoms with Crippen LogP contribution in [0.25, 0.3) is 21.3 Å². The normalized spacial score (nSPS) is 10.9. The molecule has 3 aromatic rings. The van der Waals surface area contributed by atoms with E-state index >= 15 is 0 Å². The van der Waals surface area contributed by atoms with Gasteiger partial charge >= 0.3 is 0 Å². The van der Waals surface area contributed by atoms with E-state index in [2.05, 4.69) is 67.6 Å². The Hall–Kier alpha value is -1.43. The Kier molecular flexibility index (Phi) is 3.27. The van der Waals surface area contributed by atoms with Crippen LogP contribution in [0.1, 0.15) is 4.61 Å². The van der Waals surface area contributed by atoms with Crippen molar-refractivity contribution in [2.45, 2.75) is 6.92 Å². The van der Waals surface area contributed by atoms with Crippen LogP contribution in [0.2, 0.25) is 0 Å². The maximum Gasteiger partial charge on any atom is 0.0473 e. The van der Waals surface area contributed by atoms with Gasteiger partial charge in [0.1, 0.15) is 0 Å². The first-order chi connectivity index (χ1) is 8.84. The summed E-state index contributed by atoms with van der Waals surface area (Å²) >= 11 is 1.91. The third kappa shape index (κ3) is 2.25. The summed E-state index contributed by atoms with van der Waals surface area (Å²) in [6.07, 6.45) is 0. The Morgan fingerprint density at radius 2 is 1.33 bits per heavy atom. The van der Waals surface area contributed by atoms with E-state index in [0.717, 1.165) is 0 Å². The first-order valence-electron chi connectivity index (χ1n) is 5.93. The van der Waals surface area contributed by atoms with Gasteiger partial charge < -0.3 is 0 Å². The van der Waals surface area contributed by atoms with Crippen molar-refractivity contribution >= 4 is 19.5 Å². The second-order valence-electron chi connectivity index (χ2n) is 4.14. The van der Waals surface area contributed by atoms with Gasteiger partial charge in [0, 0.05) is 14.8 Å². The van der Waals surface area contributed by atoms with E-state index in [9.17, 15) is 0 Å². The highest BCUT2D eigenvalue weighted by Gasteiger charge is 2.11. The maximum atomic E-state index is 2.21. The van der Waals surface area contributed by atoms with Crippen LogP contribution in [-0.4, -0.2) is 0 Å². The Morgan fingerprint density at radius 3 is 1.94 bits per heavy atom. The monoisotopic (exact) mass is 268 g/mol. The zero-order valence-corrected chi connectivity index (χ0v) is 11.8. The molecule has 0 N–H and O–H groups in total. The van der Waals surface area contributed by atoms with Crippen LogP contribution in [0.4, 0.5) is 0 Å². The summed E-state index contributed by atoms with van der Waals surface area (Å²) in [6, 6.07) is 21.4. The van der Waals surface area contributed by atoms with Crippen molar-refractivity contribution in [1.82, 2.24) is 0 Å². The number of hydrogen-bond donors (Lipinski definition) is 0. The van der Waals surface area contributed by atoms with Crippen LogP contribution in [0.5, 0.6) is 0 Å². The zero-order valence-electron chi connectivity index (χ0n) is 10.1. The first kappa shape index (κ1) is 11.6. The van der Waals surface area contributed by atoms with Crippen molar-refractivity contribution in [3.05, 3.63) is 65.3 Å². The van der Waals surface area contributed by atoms with E-state index in [-0.39, 0.29) is 0 Å². The summed E-state index contributed by atoms with van der Waals surface area (Å²) in [4.78, 5) is 1.40. The third-order valence-corrected chi connectivity index (χ3v) is 5.48. The van der Waals surface area contributed by atoms with Crippen LogP contribution < -0.4 is 0 Å². The lowest BCUT2D eigenvalue weighted by Gasteiger charge is -2.03. The van der Waals surface area contributed by atoms with E-state index in [0.29, 0.717) is 0 Å². The SMILES string of the molecule is Cc1pc(-c2ccccc2)c(-c2ccccc2)s1. The fraction of sp³-hybridized carbons (Fsp3) is 0.0625. The van der Waals surface area contributed by atoms with Gasteiger partial charge in [-0.15, -0.1) is 11.3 Å². The molecule has 0 bridgehead atoms. The van der Waals surface area contributed by atoms with E-state index in [1.165, 1.54) is 34.1 Å². The topological polar surface area (TPSA) is 0 Å². The van der Waals surface area contributed by atoms with Crippen LogP contribution in [0, 0.1) is 6.92 Å². The highest BCUT2D eigenvalue weighted by molar-refractivity contribution is 7.46. The molecule has 2 aromatic carbocycles. The van der Waals surface area contributed by atoms with Crippen molar-refractivity contribution in [2.24, 2.45) is 0 Å². The van der Waals surface area contributed by atoms with E-state index < -0.39 is 0 Å². The van der Waals surface area contributed by atoms with Crippen LogP contribution in [0.3, 0.4) is 0 Å². The highest BCUT2D eigenvalue weighted by atomic mass is 32.1. The second kappa shape index (κ2) is 5.06. The fourth-order valence-corrected chi connectivity index (χ4v) is 4.60. The number of rotatable bonds is 2. The maximum absolute atomic E-state index is 2.21. The quantitative estimate of drug-likeness (QED) is 0.537. The van der Waals surface area contributed by atoms with Crippen molar-refractivity contribution in [3.8, 4) is 21.3 Å². The average Bonchev–Trinajstić information content (AvgIpc) is 2.83. The molecule has 88 valence electrons. The minimum Gasteiger partial charge on any atom is -0.135 e. The van der Waals surface area contributed by atoms with Crippen molar-refractivity contribution < 1.29 is 0 Å². The van der Waals surface area contributed by atoms with Gasteiger partial charge in [-0.1, -0.05) is 68.9 Å². The van der Waals surface area contributed by atoms with Crippen molar-refractivity contribution in [1.29, 1.82) is 0 Å². The smallest absolute Gasteiger partial charge is 0.0473 e. The molecule has 1 heterocycles. The lowest BCUT2D eigenvalue weighted by molar-refractivity contribution is 1.68. The van der Waals surface area contributed by atoms with E-state index in [1.54, 1.807) is 0 Å². The predicted molar refractivity (Wildman–Crippen MR) is 82.4 cm³/mol. The Morgan fingerprint density at radius 1 is 0.778 bits per heavy atom. The van der Waals surface area contributed by atoms with Gasteiger partial charge in [-0.25, -0.2) is 0 Å². The summed E-state index contributed by atoms with van der Waals surface area (Å²) in [6.45, 7) is 2.21. The molecule has 0 aliphatic carbocycles. The molecule has 18 heavy (non-hydrogen) atoms. The molecule has 0 nitrogen and oxygen atoms in total. The minimum atomic E-state index is 1.32. The summed E-state index contributed by atoms with van der Waals surface area (Å²) in [5.41, 5.74) is 2.66. The molecule has 0 unspecified atom stereocenters. The number of hydrogen-bond acceptors (Lipinski definition) is 1. The molecule has 1 aromatic heterocycles. The van der Waals surface area contributed by atoms with Crippen LogP contribution in [0.15, 0.2) is 60.7 Å². The summed E-state index contributed by atoms with van der Waals surface area (Å²) in [5, 5.41) is 1.43. The van der Waals surface area contributed by atoms with Gasteiger partial charge in [-0.2, -0.15) is 0 Å². The molecule has 0 atom stereocenters. The Balaban J connectivity index is 2.17. The molecule has 2 heteroatoms. The van der Waals surface area contributed by atoms with Crippen LogP contribution in [-0.2, 0) is 0 Å². The molecule has 0 aliphatic rings. The molecule has 3 rings (SSSR count). The van der Waals surface area contributed by atoms with E-state index in [4.69, 9.17) is 0 Å². The summed E-state index contributed by atoms with van der Waals surface area (Å²) in [5.74, 6) is 0. The lowest BCUT2D eigenvalue weighted by atomic mass is 10.1. The average molecular weight is 268 g/mol. The van der Waals surface area contributed by atoms with Gasteiger partial charge in [-0.3, -0.25) is 0 Å². The van der Waals surface area contributed by atoms with Crippen molar-refractivity contribution in [2.75, 3.05) is 0 Å². The van der Waals surface area contributed by atoms with Gasteiger partial charge in [0.25, 0.3) is 0 Å². The number of benzene rings is 2. The fourth-order valence-electron chi connectivity index (χ4n) is 2.00. The molecular weight excluding hydrogens is 255 g/mol. The molecule has 0 spiro atoms. The molecule has 0 saturated carbocycles. The summed E-state index contributed by atoms with van der Waals surface area (Å²) in [7, 11) is 1.35. The number of aryl methyl sites for hydroxylation is 1. The van der Waals surface area contributed by atoms with E-state index in [1.807, 2.05) is 11.3 Å². The van der Waals surface area contributed by atoms with Gasteiger partial charge in [0.2, 0.25) is 0 Å². The standard InChI is InChI=1S/C16H13PS/c1-12-17-15(13-8-4-2-5-9-13)16(18-12)14-10-6-3-7-11-14/h2-11H,1H3. The van der Waals surface area contributed by atoms with Gasteiger partial charge in [0.15, 0.2) is 0 Å². The summed E-state index contributed by atoms with van der Waals surface area (Å²) < 4.78 is 1.45. The van der Waals surface area contributed by atoms with Crippen LogP contribution >= 0.6 is 19.5 Å². The predicted octanol–water partition coefficient (Wildman–Crippen LogP) is 5.97. The molecular formula is C16H13PS. The minimum absolute atomic E-state index is 1.32. The third-order valence-electron chi connectivity index (χ3n) is 2.82. The highest BCUT2D eigenvalue weighted by Crippen LogP contribution is 2.45. The molecule has 0 fully saturated rings. The molecule has 0 aliphatic heterocycles. The second-order valence-corrected chi connectivity index (χ2v) is 7.01. The Bertz CT molecular complexity index is 584. The van der Waals surface area contributed by atoms with Gasteiger partial charge in [0.05, 0.1) is 0 Å². The molecule has 0 amide bonds. The lowest BCUT2D eigenvalue weighted by Crippen LogP contribution is -1.76.